The van der Waals surface area contributed by atoms with Gasteiger partial charge in [0.1, 0.15) is 0 Å². The Balaban J connectivity index is 0. The van der Waals surface area contributed by atoms with Gasteiger partial charge in [-0.1, -0.05) is 26.8 Å². The van der Waals surface area contributed by atoms with Crippen LogP contribution >= 0.6 is 0 Å². The molecule has 0 spiro atoms. The molecule has 2 nitrogen and oxygen atoms in total. The molecule has 0 aromatic carbocycles. The third-order valence-corrected chi connectivity index (χ3v) is 7.90. The van der Waals surface area contributed by atoms with Gasteiger partial charge in [-0.05, 0) is 18.1 Å². The van der Waals surface area contributed by atoms with Gasteiger partial charge < -0.3 is 9.53 Å². The second-order valence-electron chi connectivity index (χ2n) is 6.23. The van der Waals surface area contributed by atoms with Crippen molar-refractivity contribution in [2.24, 2.45) is 0 Å². The van der Waals surface area contributed by atoms with E-state index in [-0.39, 0.29) is 5.04 Å². The van der Waals surface area contributed by atoms with Gasteiger partial charge in [-0.15, -0.1) is 6.58 Å². The average Bonchev–Trinajstić information content (AvgIpc) is 2.26. The molecule has 0 amide bonds. The van der Waals surface area contributed by atoms with Crippen molar-refractivity contribution in [3.05, 3.63) is 12.7 Å². The Kier molecular flexibility index (Phi) is 11.9. The molecule has 104 valence electrons. The zero-order valence-electron chi connectivity index (χ0n) is 13.5. The van der Waals surface area contributed by atoms with Gasteiger partial charge in [0.25, 0.3) is 0 Å². The van der Waals surface area contributed by atoms with Gasteiger partial charge in [-0.25, -0.2) is 0 Å². The SMILES string of the molecule is C=C[C@@H](O)CO[Si](C)(C)C(C)(C)C.[Li][CH2]CCC. The maximum atomic E-state index is 9.27. The Morgan fingerprint density at radius 1 is 1.39 bits per heavy atom. The summed E-state index contributed by atoms with van der Waals surface area (Å²) in [6, 6.07) is 0. The molecule has 0 aromatic rings. The molecule has 0 unspecified atom stereocenters. The molecule has 0 bridgehead atoms. The minimum absolute atomic E-state index is 0.202. The van der Waals surface area contributed by atoms with E-state index in [9.17, 15) is 5.11 Å². The summed E-state index contributed by atoms with van der Waals surface area (Å²) >= 11 is 2.21. The Labute approximate surface area is 125 Å². The van der Waals surface area contributed by atoms with Crippen LogP contribution in [-0.2, 0) is 4.43 Å². The number of aliphatic hydroxyl groups excluding tert-OH is 1. The summed E-state index contributed by atoms with van der Waals surface area (Å²) in [5.74, 6) is 0. The summed E-state index contributed by atoms with van der Waals surface area (Å²) in [6.07, 6.45) is 3.71. The van der Waals surface area contributed by atoms with Gasteiger partial charge in [0, 0.05) is 0 Å². The van der Waals surface area contributed by atoms with Crippen LogP contribution in [0.5, 0.6) is 0 Å². The molecule has 0 aliphatic rings. The Morgan fingerprint density at radius 3 is 2.11 bits per heavy atom. The fraction of sp³-hybridized carbons (Fsp3) is 0.857. The molecule has 0 aliphatic heterocycles. The molecule has 0 rings (SSSR count). The zero-order valence-corrected chi connectivity index (χ0v) is 14.5. The van der Waals surface area contributed by atoms with Crippen LogP contribution in [0.3, 0.4) is 0 Å². The van der Waals surface area contributed by atoms with Crippen LogP contribution in [0.25, 0.3) is 0 Å². The second-order valence-corrected chi connectivity index (χ2v) is 11.0. The molecule has 0 aromatic heterocycles. The summed E-state index contributed by atoms with van der Waals surface area (Å²) < 4.78 is 5.76. The number of rotatable bonds is 6. The zero-order chi connectivity index (χ0) is 14.8. The van der Waals surface area contributed by atoms with Crippen LogP contribution in [-0.4, -0.2) is 43.8 Å². The van der Waals surface area contributed by atoms with Crippen LogP contribution in [0.2, 0.25) is 23.2 Å². The van der Waals surface area contributed by atoms with Crippen molar-refractivity contribution in [2.45, 2.75) is 69.9 Å². The van der Waals surface area contributed by atoms with Gasteiger partial charge in [0.15, 0.2) is 8.32 Å². The second kappa shape index (κ2) is 10.3. The van der Waals surface area contributed by atoms with Crippen molar-refractivity contribution in [2.75, 3.05) is 6.61 Å². The van der Waals surface area contributed by atoms with Crippen molar-refractivity contribution in [3.8, 4) is 0 Å². The van der Waals surface area contributed by atoms with Crippen LogP contribution < -0.4 is 0 Å². The fourth-order valence-corrected chi connectivity index (χ4v) is 1.95. The average molecular weight is 266 g/mol. The first kappa shape index (κ1) is 20.8. The van der Waals surface area contributed by atoms with Crippen molar-refractivity contribution in [1.82, 2.24) is 0 Å². The van der Waals surface area contributed by atoms with Gasteiger partial charge in [-0.3, -0.25) is 0 Å². The van der Waals surface area contributed by atoms with Crippen molar-refractivity contribution < 1.29 is 9.53 Å². The third kappa shape index (κ3) is 10.4. The molecule has 1 N–H and O–H groups in total. The number of hydrogen-bond acceptors (Lipinski definition) is 2. The summed E-state index contributed by atoms with van der Waals surface area (Å²) in [4.78, 5) is 0. The molecule has 0 heterocycles. The molecular formula is C14H31LiO2Si. The maximum absolute atomic E-state index is 9.27. The van der Waals surface area contributed by atoms with Gasteiger partial charge in [0.2, 0.25) is 0 Å². The fourth-order valence-electron chi connectivity index (χ4n) is 0.932. The minimum atomic E-state index is -1.69. The van der Waals surface area contributed by atoms with Gasteiger partial charge >= 0.3 is 42.6 Å². The molecule has 1 atom stereocenters. The summed E-state index contributed by atoms with van der Waals surface area (Å²) in [7, 11) is -1.69. The standard InChI is InChI=1S/C10H22O2Si.C4H9.Li/c1-7-9(11)8-12-13(5,6)10(2,3)4;1-3-4-2;/h7,9,11H,1,8H2,2-6H3;1,3-4H2,2H3;/t9-;;/m1../s1. The van der Waals surface area contributed by atoms with Crippen LogP contribution in [0, 0.1) is 0 Å². The molecular weight excluding hydrogens is 235 g/mol. The molecule has 0 aliphatic carbocycles. The quantitative estimate of drug-likeness (QED) is 0.583. The van der Waals surface area contributed by atoms with Gasteiger partial charge in [-0.2, -0.15) is 0 Å². The first-order valence-corrected chi connectivity index (χ1v) is 9.97. The summed E-state index contributed by atoms with van der Waals surface area (Å²) in [6.45, 7) is 17.0. The van der Waals surface area contributed by atoms with E-state index < -0.39 is 14.4 Å². The summed E-state index contributed by atoms with van der Waals surface area (Å²) in [5.41, 5.74) is 0. The molecule has 4 heteroatoms. The number of unbranched alkanes of at least 4 members (excludes halogenated alkanes) is 1. The van der Waals surface area contributed by atoms with E-state index in [1.54, 1.807) is 0 Å². The number of hydrogen-bond donors (Lipinski definition) is 1. The van der Waals surface area contributed by atoms with Gasteiger partial charge in [0.05, 0.1) is 12.7 Å². The van der Waals surface area contributed by atoms with Crippen molar-refractivity contribution in [1.29, 1.82) is 0 Å². The topological polar surface area (TPSA) is 29.5 Å². The van der Waals surface area contributed by atoms with Crippen LogP contribution in [0.15, 0.2) is 12.7 Å². The van der Waals surface area contributed by atoms with E-state index in [2.05, 4.69) is 65.1 Å². The van der Waals surface area contributed by atoms with E-state index in [0.717, 1.165) is 0 Å². The molecule has 0 saturated carbocycles. The number of aliphatic hydroxyl groups is 1. The first-order chi connectivity index (χ1) is 8.12. The Morgan fingerprint density at radius 2 is 1.89 bits per heavy atom. The van der Waals surface area contributed by atoms with Crippen LogP contribution in [0.1, 0.15) is 40.5 Å². The molecule has 18 heavy (non-hydrogen) atoms. The predicted octanol–water partition coefficient (Wildman–Crippen LogP) is 3.93. The van der Waals surface area contributed by atoms with Crippen molar-refractivity contribution in [3.63, 3.8) is 0 Å². The Hall–Kier alpha value is 0.474. The van der Waals surface area contributed by atoms with E-state index in [0.29, 0.717) is 6.61 Å². The molecule has 0 saturated heterocycles. The molecule has 0 fully saturated rings. The summed E-state index contributed by atoms with van der Waals surface area (Å²) in [5, 5.41) is 10.8. The Bertz CT molecular complexity index is 210. The predicted molar refractivity (Wildman–Crippen MR) is 84.8 cm³/mol. The first-order valence-electron chi connectivity index (χ1n) is 7.07. The normalized spacial score (nSPS) is 13.6. The third-order valence-electron chi connectivity index (χ3n) is 3.40. The van der Waals surface area contributed by atoms with E-state index in [1.165, 1.54) is 24.0 Å². The van der Waals surface area contributed by atoms with Crippen LogP contribution in [0.4, 0.5) is 0 Å². The monoisotopic (exact) mass is 266 g/mol. The van der Waals surface area contributed by atoms with E-state index >= 15 is 0 Å². The van der Waals surface area contributed by atoms with E-state index in [4.69, 9.17) is 4.43 Å². The molecule has 0 radical (unpaired) electrons. The van der Waals surface area contributed by atoms with Crippen molar-refractivity contribution >= 4 is 26.0 Å². The van der Waals surface area contributed by atoms with E-state index in [1.807, 2.05) is 0 Å².